The molecular formula is C17H22O4. The first-order valence-electron chi connectivity index (χ1n) is 7.52. The van der Waals surface area contributed by atoms with Crippen molar-refractivity contribution in [2.45, 2.75) is 39.5 Å². The Kier molecular flexibility index (Phi) is 4.66. The molecule has 1 N–H and O–H groups in total. The van der Waals surface area contributed by atoms with E-state index < -0.39 is 17.5 Å². The molecule has 4 heteroatoms. The number of carbonyl (C=O) groups excluding carboxylic acids is 1. The highest BCUT2D eigenvalue weighted by Gasteiger charge is 2.57. The summed E-state index contributed by atoms with van der Waals surface area (Å²) in [6, 6.07) is 10.2. The summed E-state index contributed by atoms with van der Waals surface area (Å²) in [7, 11) is 0. The molecular weight excluding hydrogens is 268 g/mol. The first-order valence-corrected chi connectivity index (χ1v) is 7.52. The van der Waals surface area contributed by atoms with Gasteiger partial charge in [0, 0.05) is 0 Å². The first-order chi connectivity index (χ1) is 10.0. The summed E-state index contributed by atoms with van der Waals surface area (Å²) in [5.74, 6) is 0.0295. The number of carbonyl (C=O) groups is 2. The zero-order valence-corrected chi connectivity index (χ0v) is 12.5. The summed E-state index contributed by atoms with van der Waals surface area (Å²) < 4.78 is 4.46. The summed E-state index contributed by atoms with van der Waals surface area (Å²) in [4.78, 5) is 22.8. The van der Waals surface area contributed by atoms with Gasteiger partial charge in [-0.15, -0.1) is 0 Å². The molecule has 2 rings (SSSR count). The van der Waals surface area contributed by atoms with Crippen LogP contribution in [0.1, 0.15) is 38.7 Å². The lowest BCUT2D eigenvalue weighted by Crippen LogP contribution is -2.54. The molecule has 0 aliphatic heterocycles. The van der Waals surface area contributed by atoms with Crippen LogP contribution in [0.3, 0.4) is 0 Å². The fourth-order valence-electron chi connectivity index (χ4n) is 3.87. The number of rotatable bonds is 5. The molecule has 21 heavy (non-hydrogen) atoms. The summed E-state index contributed by atoms with van der Waals surface area (Å²) >= 11 is 0. The fourth-order valence-corrected chi connectivity index (χ4v) is 3.87. The summed E-state index contributed by atoms with van der Waals surface area (Å²) in [5, 5.41) is 8.68. The lowest BCUT2D eigenvalue weighted by molar-refractivity contribution is -0.171. The third-order valence-corrected chi connectivity index (χ3v) is 4.90. The first kappa shape index (κ1) is 15.5. The van der Waals surface area contributed by atoms with Crippen molar-refractivity contribution in [2.24, 2.45) is 17.3 Å². The molecule has 0 aromatic heterocycles. The summed E-state index contributed by atoms with van der Waals surface area (Å²) in [6.45, 7) is 3.99. The zero-order chi connectivity index (χ0) is 15.5. The summed E-state index contributed by atoms with van der Waals surface area (Å²) in [6.07, 6.45) is 1.63. The second-order valence-corrected chi connectivity index (χ2v) is 5.83. The molecule has 0 spiro atoms. The van der Waals surface area contributed by atoms with Crippen molar-refractivity contribution < 1.29 is 19.4 Å². The van der Waals surface area contributed by atoms with E-state index in [1.807, 2.05) is 25.1 Å². The third-order valence-electron chi connectivity index (χ3n) is 4.90. The van der Waals surface area contributed by atoms with Gasteiger partial charge in [0.05, 0.1) is 5.41 Å². The highest BCUT2D eigenvalue weighted by molar-refractivity contribution is 5.86. The summed E-state index contributed by atoms with van der Waals surface area (Å²) in [5.41, 5.74) is 0.643. The number of hydrogen-bond acceptors (Lipinski definition) is 3. The Bertz CT molecular complexity index is 511. The lowest BCUT2D eigenvalue weighted by atomic mass is 9.50. The van der Waals surface area contributed by atoms with Gasteiger partial charge in [0.1, 0.15) is 0 Å². The maximum absolute atomic E-state index is 12.2. The largest absolute Gasteiger partial charge is 0.513 e. The van der Waals surface area contributed by atoms with E-state index in [0.717, 1.165) is 12.8 Å². The van der Waals surface area contributed by atoms with Gasteiger partial charge in [-0.1, -0.05) is 50.6 Å². The van der Waals surface area contributed by atoms with Crippen molar-refractivity contribution in [2.75, 3.05) is 0 Å². The minimum Gasteiger partial charge on any atom is -0.449 e. The maximum Gasteiger partial charge on any atom is 0.513 e. The minimum absolute atomic E-state index is 0.189. The molecule has 0 heterocycles. The van der Waals surface area contributed by atoms with Gasteiger partial charge in [0.25, 0.3) is 0 Å². The van der Waals surface area contributed by atoms with Crippen LogP contribution < -0.4 is 0 Å². The van der Waals surface area contributed by atoms with E-state index in [9.17, 15) is 9.59 Å². The predicted octanol–water partition coefficient (Wildman–Crippen LogP) is 3.89. The van der Waals surface area contributed by atoms with E-state index >= 15 is 0 Å². The zero-order valence-electron chi connectivity index (χ0n) is 12.5. The van der Waals surface area contributed by atoms with E-state index in [1.54, 1.807) is 0 Å². The number of esters is 1. The molecule has 1 aliphatic carbocycles. The second-order valence-electron chi connectivity index (χ2n) is 5.83. The quantitative estimate of drug-likeness (QED) is 0.660. The topological polar surface area (TPSA) is 63.6 Å². The van der Waals surface area contributed by atoms with Crippen LogP contribution in [0.2, 0.25) is 0 Å². The lowest BCUT2D eigenvalue weighted by Gasteiger charge is -2.53. The molecule has 1 saturated carbocycles. The highest BCUT2D eigenvalue weighted by Crippen LogP contribution is 2.56. The van der Waals surface area contributed by atoms with Gasteiger partial charge in [0.15, 0.2) is 0 Å². The Morgan fingerprint density at radius 2 is 1.95 bits per heavy atom. The Morgan fingerprint density at radius 1 is 1.29 bits per heavy atom. The van der Waals surface area contributed by atoms with Crippen molar-refractivity contribution in [3.05, 3.63) is 35.9 Å². The smallest absolute Gasteiger partial charge is 0.449 e. The van der Waals surface area contributed by atoms with Gasteiger partial charge in [-0.2, -0.15) is 0 Å². The van der Waals surface area contributed by atoms with Crippen LogP contribution in [0.15, 0.2) is 30.3 Å². The molecule has 114 valence electrons. The van der Waals surface area contributed by atoms with Gasteiger partial charge >= 0.3 is 12.1 Å². The number of hydrogen-bond donors (Lipinski definition) is 1. The van der Waals surface area contributed by atoms with E-state index in [4.69, 9.17) is 5.11 Å². The Morgan fingerprint density at radius 3 is 2.48 bits per heavy atom. The van der Waals surface area contributed by atoms with Gasteiger partial charge in [-0.3, -0.25) is 4.79 Å². The predicted molar refractivity (Wildman–Crippen MR) is 78.9 cm³/mol. The number of ether oxygens (including phenoxy) is 1. The minimum atomic E-state index is -1.51. The number of benzene rings is 1. The highest BCUT2D eigenvalue weighted by atomic mass is 16.7. The molecule has 4 nitrogen and oxygen atoms in total. The molecule has 3 atom stereocenters. The van der Waals surface area contributed by atoms with Crippen molar-refractivity contribution in [1.29, 1.82) is 0 Å². The molecule has 0 amide bonds. The van der Waals surface area contributed by atoms with Gasteiger partial charge in [0.2, 0.25) is 0 Å². The molecule has 0 bridgehead atoms. The van der Waals surface area contributed by atoms with Crippen LogP contribution in [-0.2, 0) is 16.0 Å². The Balaban J connectivity index is 2.09. The average molecular weight is 290 g/mol. The Labute approximate surface area is 125 Å². The Hall–Kier alpha value is -1.84. The van der Waals surface area contributed by atoms with Crippen LogP contribution >= 0.6 is 0 Å². The standard InChI is InChI=1S/C17H22O4/c1-3-14-13(10-12-8-6-5-7-9-12)11-17(14,4-2)15(18)21-16(19)20/h5-9,13-14H,3-4,10-11H2,1-2H3,(H,19,20). The number of carboxylic acid groups (broad SMARTS) is 1. The fraction of sp³-hybridized carbons (Fsp3) is 0.529. The maximum atomic E-state index is 12.2. The van der Waals surface area contributed by atoms with Crippen LogP contribution in [0.5, 0.6) is 0 Å². The second kappa shape index (κ2) is 6.29. The van der Waals surface area contributed by atoms with Crippen LogP contribution in [0, 0.1) is 17.3 Å². The molecule has 0 saturated heterocycles. The van der Waals surface area contributed by atoms with Crippen LogP contribution in [0.25, 0.3) is 0 Å². The molecule has 1 aromatic rings. The molecule has 1 aliphatic rings. The average Bonchev–Trinajstić information content (AvgIpc) is 2.43. The normalized spacial score (nSPS) is 27.7. The third kappa shape index (κ3) is 2.94. The van der Waals surface area contributed by atoms with Gasteiger partial charge in [-0.25, -0.2) is 4.79 Å². The van der Waals surface area contributed by atoms with E-state index in [-0.39, 0.29) is 5.92 Å². The van der Waals surface area contributed by atoms with E-state index in [0.29, 0.717) is 18.8 Å². The van der Waals surface area contributed by atoms with Crippen molar-refractivity contribution in [3.63, 3.8) is 0 Å². The van der Waals surface area contributed by atoms with E-state index in [2.05, 4.69) is 23.8 Å². The molecule has 3 unspecified atom stereocenters. The molecule has 1 aromatic carbocycles. The van der Waals surface area contributed by atoms with Crippen molar-refractivity contribution >= 4 is 12.1 Å². The van der Waals surface area contributed by atoms with Crippen LogP contribution in [-0.4, -0.2) is 17.2 Å². The van der Waals surface area contributed by atoms with Crippen molar-refractivity contribution in [3.8, 4) is 0 Å². The SMILES string of the molecule is CCC1C(Cc2ccccc2)CC1(CC)C(=O)OC(=O)O. The van der Waals surface area contributed by atoms with E-state index in [1.165, 1.54) is 5.56 Å². The van der Waals surface area contributed by atoms with Crippen molar-refractivity contribution in [1.82, 2.24) is 0 Å². The molecule has 1 fully saturated rings. The monoisotopic (exact) mass is 290 g/mol. The van der Waals surface area contributed by atoms with Gasteiger partial charge < -0.3 is 9.84 Å². The van der Waals surface area contributed by atoms with Crippen LogP contribution in [0.4, 0.5) is 4.79 Å². The van der Waals surface area contributed by atoms with Gasteiger partial charge in [-0.05, 0) is 36.7 Å². The molecule has 0 radical (unpaired) electrons.